The van der Waals surface area contributed by atoms with Crippen molar-refractivity contribution in [3.63, 3.8) is 0 Å². The third-order valence-corrected chi connectivity index (χ3v) is 9.08. The van der Waals surface area contributed by atoms with Crippen molar-refractivity contribution < 1.29 is 71.1 Å². The van der Waals surface area contributed by atoms with Gasteiger partial charge in [-0.25, -0.2) is 4.79 Å². The fourth-order valence-electron chi connectivity index (χ4n) is 5.61. The molecule has 0 saturated heterocycles. The first kappa shape index (κ1) is 59.0. The Morgan fingerprint density at radius 2 is 0.619 bits per heavy atom. The molecule has 0 fully saturated rings. The van der Waals surface area contributed by atoms with Crippen LogP contribution in [-0.4, -0.2) is 184 Å². The molecule has 0 radical (unpaired) electrons. The highest BCUT2D eigenvalue weighted by Gasteiger charge is 2.02. The van der Waals surface area contributed by atoms with Crippen LogP contribution in [0.2, 0.25) is 0 Å². The van der Waals surface area contributed by atoms with E-state index in [-0.39, 0.29) is 6.61 Å². The third kappa shape index (κ3) is 49.2. The minimum atomic E-state index is -0.469. The van der Waals surface area contributed by atoms with E-state index in [1.165, 1.54) is 64.2 Å². The molecule has 16 nitrogen and oxygen atoms in total. The van der Waals surface area contributed by atoms with Crippen LogP contribution < -0.4 is 5.32 Å². The lowest BCUT2D eigenvalue weighted by Gasteiger charge is -2.09. The summed E-state index contributed by atoms with van der Waals surface area (Å²) in [5.41, 5.74) is 0.937. The Morgan fingerprint density at radius 1 is 0.349 bits per heavy atom. The molecule has 0 bridgehead atoms. The summed E-state index contributed by atoms with van der Waals surface area (Å²) in [5, 5.41) is 2.65. The van der Waals surface area contributed by atoms with Gasteiger partial charge in [-0.05, 0) is 12.0 Å². The zero-order valence-corrected chi connectivity index (χ0v) is 39.1. The minimum Gasteiger partial charge on any atom is -0.445 e. The molecule has 1 rings (SSSR count). The normalized spacial score (nSPS) is 11.4. The zero-order chi connectivity index (χ0) is 44.9. The van der Waals surface area contributed by atoms with Gasteiger partial charge < -0.3 is 71.6 Å². The predicted molar refractivity (Wildman–Crippen MR) is 242 cm³/mol. The van der Waals surface area contributed by atoms with Gasteiger partial charge >= 0.3 is 6.09 Å². The smallest absolute Gasteiger partial charge is 0.407 e. The number of alkyl carbamates (subject to hydrolysis) is 1. The largest absolute Gasteiger partial charge is 0.445 e. The van der Waals surface area contributed by atoms with Crippen LogP contribution in [0.15, 0.2) is 30.3 Å². The van der Waals surface area contributed by atoms with E-state index >= 15 is 0 Å². The fourth-order valence-corrected chi connectivity index (χ4v) is 5.61. The molecule has 0 aliphatic heterocycles. The van der Waals surface area contributed by atoms with Crippen molar-refractivity contribution in [1.29, 1.82) is 0 Å². The quantitative estimate of drug-likeness (QED) is 0.0712. The summed E-state index contributed by atoms with van der Waals surface area (Å²) in [5.74, 6) is 0. The molecular weight excluding hydrogens is 819 g/mol. The summed E-state index contributed by atoms with van der Waals surface area (Å²) in [6.07, 6.45) is 14.4. The number of benzene rings is 1. The number of hydrogen-bond acceptors (Lipinski definition) is 15. The lowest BCUT2D eigenvalue weighted by atomic mass is 10.1. The molecule has 0 aromatic heterocycles. The molecule has 0 unspecified atom stereocenters. The Kier molecular flexibility index (Phi) is 49.2. The standard InChI is InChI=1S/C47H87NO15/c1-2-3-4-5-6-7-8-9-10-11-15-19-50-21-23-52-25-27-54-29-31-56-33-35-58-37-39-60-41-43-62-44-42-61-40-38-59-36-34-57-32-30-55-28-26-53-24-22-51-20-18-48-47(49)63-45-46-16-13-12-14-17-46/h12-14,16-17H,2-11,15,18-45H2,1H3,(H,48,49). The van der Waals surface area contributed by atoms with Gasteiger partial charge in [-0.3, -0.25) is 0 Å². The second-order valence-corrected chi connectivity index (χ2v) is 14.5. The Morgan fingerprint density at radius 3 is 0.937 bits per heavy atom. The highest BCUT2D eigenvalue weighted by atomic mass is 16.6. The zero-order valence-electron chi connectivity index (χ0n) is 39.1. The highest BCUT2D eigenvalue weighted by molar-refractivity contribution is 5.67. The Labute approximate surface area is 380 Å². The van der Waals surface area contributed by atoms with E-state index in [1.54, 1.807) is 0 Å². The predicted octanol–water partition coefficient (Wildman–Crippen LogP) is 6.44. The minimum absolute atomic E-state index is 0.236. The topological polar surface area (TPSA) is 158 Å². The molecule has 16 heteroatoms. The summed E-state index contributed by atoms with van der Waals surface area (Å²) in [6.45, 7) is 16.3. The first-order chi connectivity index (χ1) is 31.3. The van der Waals surface area contributed by atoms with Crippen LogP contribution in [0, 0.1) is 0 Å². The van der Waals surface area contributed by atoms with Gasteiger partial charge in [-0.2, -0.15) is 0 Å². The van der Waals surface area contributed by atoms with Gasteiger partial charge in [-0.15, -0.1) is 0 Å². The van der Waals surface area contributed by atoms with E-state index in [4.69, 9.17) is 66.3 Å². The number of nitrogens with one attached hydrogen (secondary N) is 1. The molecule has 0 atom stereocenters. The van der Waals surface area contributed by atoms with Crippen molar-refractivity contribution in [2.75, 3.05) is 178 Å². The Bertz CT molecular complexity index is 1020. The molecule has 1 N–H and O–H groups in total. The average Bonchev–Trinajstić information content (AvgIpc) is 3.30. The highest BCUT2D eigenvalue weighted by Crippen LogP contribution is 2.11. The van der Waals surface area contributed by atoms with Gasteiger partial charge in [0.1, 0.15) is 6.61 Å². The molecule has 0 aliphatic rings. The molecule has 0 spiro atoms. The first-order valence-corrected chi connectivity index (χ1v) is 23.8. The second-order valence-electron chi connectivity index (χ2n) is 14.5. The van der Waals surface area contributed by atoms with E-state index in [9.17, 15) is 4.79 Å². The van der Waals surface area contributed by atoms with Crippen LogP contribution in [-0.2, 0) is 72.9 Å². The van der Waals surface area contributed by atoms with Crippen molar-refractivity contribution in [1.82, 2.24) is 5.32 Å². The molecule has 370 valence electrons. The van der Waals surface area contributed by atoms with E-state index in [0.29, 0.717) is 172 Å². The summed E-state index contributed by atoms with van der Waals surface area (Å²) >= 11 is 0. The van der Waals surface area contributed by atoms with Crippen molar-refractivity contribution in [2.24, 2.45) is 0 Å². The maximum atomic E-state index is 11.7. The maximum absolute atomic E-state index is 11.7. The van der Waals surface area contributed by atoms with Crippen molar-refractivity contribution in [3.05, 3.63) is 35.9 Å². The van der Waals surface area contributed by atoms with E-state index in [2.05, 4.69) is 12.2 Å². The van der Waals surface area contributed by atoms with Crippen molar-refractivity contribution in [2.45, 2.75) is 84.2 Å². The van der Waals surface area contributed by atoms with Crippen LogP contribution in [0.25, 0.3) is 0 Å². The van der Waals surface area contributed by atoms with E-state index in [1.807, 2.05) is 30.3 Å². The molecule has 1 aromatic rings. The van der Waals surface area contributed by atoms with Gasteiger partial charge in [0.15, 0.2) is 0 Å². The fraction of sp³-hybridized carbons (Fsp3) is 0.851. The number of rotatable bonds is 53. The number of hydrogen-bond donors (Lipinski definition) is 1. The number of carbonyl (C=O) groups excluding carboxylic acids is 1. The molecule has 0 saturated carbocycles. The number of carbonyl (C=O) groups is 1. The molecule has 1 amide bonds. The lowest BCUT2D eigenvalue weighted by molar-refractivity contribution is -0.0290. The number of ether oxygens (including phenoxy) is 14. The molecular formula is C47H87NO15. The third-order valence-electron chi connectivity index (χ3n) is 9.08. The molecule has 0 heterocycles. The van der Waals surface area contributed by atoms with Gasteiger partial charge in [-0.1, -0.05) is 101 Å². The van der Waals surface area contributed by atoms with Gasteiger partial charge in [0.05, 0.1) is 165 Å². The number of amides is 1. The van der Waals surface area contributed by atoms with Crippen LogP contribution in [0.1, 0.15) is 83.1 Å². The summed E-state index contributed by atoms with van der Waals surface area (Å²) < 4.78 is 76.9. The molecule has 63 heavy (non-hydrogen) atoms. The Hall–Kier alpha value is -2.03. The van der Waals surface area contributed by atoms with E-state index < -0.39 is 6.09 Å². The first-order valence-electron chi connectivity index (χ1n) is 23.8. The van der Waals surface area contributed by atoms with Gasteiger partial charge in [0.2, 0.25) is 0 Å². The van der Waals surface area contributed by atoms with Gasteiger partial charge in [0.25, 0.3) is 0 Å². The summed E-state index contributed by atoms with van der Waals surface area (Å²) in [4.78, 5) is 11.7. The summed E-state index contributed by atoms with van der Waals surface area (Å²) in [7, 11) is 0. The summed E-state index contributed by atoms with van der Waals surface area (Å²) in [6, 6.07) is 9.51. The molecule has 1 aromatic carbocycles. The number of unbranched alkanes of at least 4 members (excludes halogenated alkanes) is 10. The van der Waals surface area contributed by atoms with Crippen molar-refractivity contribution >= 4 is 6.09 Å². The van der Waals surface area contributed by atoms with Crippen LogP contribution in [0.3, 0.4) is 0 Å². The lowest BCUT2D eigenvalue weighted by Crippen LogP contribution is -2.28. The molecule has 0 aliphatic carbocycles. The Balaban J connectivity index is 1.61. The van der Waals surface area contributed by atoms with Crippen LogP contribution >= 0.6 is 0 Å². The SMILES string of the molecule is CCCCCCCCCCCCCOCCOCCOCCOCCOCCOCCOCCOCCOCCOCCOCCOCCOCCNC(=O)OCc1ccccc1. The second kappa shape index (κ2) is 52.6. The van der Waals surface area contributed by atoms with Crippen LogP contribution in [0.4, 0.5) is 4.79 Å². The average molecular weight is 906 g/mol. The van der Waals surface area contributed by atoms with E-state index in [0.717, 1.165) is 18.6 Å². The maximum Gasteiger partial charge on any atom is 0.407 e. The van der Waals surface area contributed by atoms with Crippen molar-refractivity contribution in [3.8, 4) is 0 Å². The monoisotopic (exact) mass is 906 g/mol. The van der Waals surface area contributed by atoms with Crippen LogP contribution in [0.5, 0.6) is 0 Å². The van der Waals surface area contributed by atoms with Gasteiger partial charge in [0, 0.05) is 13.2 Å².